The number of nitrogens with zero attached hydrogens (tertiary/aromatic N) is 2. The van der Waals surface area contributed by atoms with E-state index in [1.165, 1.54) is 44.9 Å². The third-order valence-electron chi connectivity index (χ3n) is 7.71. The van der Waals surface area contributed by atoms with Crippen molar-refractivity contribution < 1.29 is 14.3 Å². The van der Waals surface area contributed by atoms with Gasteiger partial charge in [0.25, 0.3) is 0 Å². The van der Waals surface area contributed by atoms with E-state index >= 15 is 0 Å². The fourth-order valence-corrected chi connectivity index (χ4v) is 5.88. The van der Waals surface area contributed by atoms with Crippen LogP contribution in [0.1, 0.15) is 70.6 Å². The summed E-state index contributed by atoms with van der Waals surface area (Å²) in [6.07, 6.45) is 12.7. The molecule has 6 nitrogen and oxygen atoms in total. The lowest BCUT2D eigenvalue weighted by atomic mass is 9.83. The van der Waals surface area contributed by atoms with Crippen LogP contribution in [0.4, 0.5) is 0 Å². The molecule has 1 spiro atoms. The summed E-state index contributed by atoms with van der Waals surface area (Å²) >= 11 is 0. The molecule has 4 aliphatic rings. The molecule has 4 rings (SSSR count). The van der Waals surface area contributed by atoms with Gasteiger partial charge in [0.05, 0.1) is 11.7 Å². The van der Waals surface area contributed by atoms with Gasteiger partial charge in [-0.2, -0.15) is 0 Å². The van der Waals surface area contributed by atoms with Crippen molar-refractivity contribution in [2.24, 2.45) is 17.6 Å². The minimum absolute atomic E-state index is 0.0511. The highest BCUT2D eigenvalue weighted by atomic mass is 16.5. The number of amides is 2. The van der Waals surface area contributed by atoms with E-state index in [0.29, 0.717) is 25.1 Å². The molecule has 0 aromatic carbocycles. The van der Waals surface area contributed by atoms with Crippen LogP contribution in [0.25, 0.3) is 0 Å². The van der Waals surface area contributed by atoms with Gasteiger partial charge >= 0.3 is 0 Å². The van der Waals surface area contributed by atoms with Gasteiger partial charge in [0.1, 0.15) is 0 Å². The Labute approximate surface area is 169 Å². The van der Waals surface area contributed by atoms with Crippen LogP contribution in [0, 0.1) is 11.8 Å². The highest BCUT2D eigenvalue weighted by Gasteiger charge is 2.41. The molecule has 28 heavy (non-hydrogen) atoms. The van der Waals surface area contributed by atoms with Gasteiger partial charge in [-0.3, -0.25) is 9.59 Å². The highest BCUT2D eigenvalue weighted by molar-refractivity contribution is 5.80. The summed E-state index contributed by atoms with van der Waals surface area (Å²) in [5, 5.41) is 0. The Bertz CT molecular complexity index is 559. The van der Waals surface area contributed by atoms with Gasteiger partial charge in [0, 0.05) is 31.5 Å². The predicted molar refractivity (Wildman–Crippen MR) is 108 cm³/mol. The van der Waals surface area contributed by atoms with Crippen LogP contribution in [0.3, 0.4) is 0 Å². The molecule has 1 saturated carbocycles. The highest BCUT2D eigenvalue weighted by Crippen LogP contribution is 2.42. The molecule has 3 saturated heterocycles. The first-order chi connectivity index (χ1) is 13.5. The van der Waals surface area contributed by atoms with Gasteiger partial charge in [-0.1, -0.05) is 19.3 Å². The Hall–Kier alpha value is -1.14. The minimum Gasteiger partial charge on any atom is -0.370 e. The number of piperidine rings is 2. The average molecular weight is 392 g/mol. The van der Waals surface area contributed by atoms with Crippen molar-refractivity contribution in [1.82, 2.24) is 9.80 Å². The lowest BCUT2D eigenvalue weighted by molar-refractivity contribution is -0.140. The fourth-order valence-electron chi connectivity index (χ4n) is 5.88. The standard InChI is InChI=1S/C22H37N3O3/c23-20(26)17-7-14-25(15-8-17)21(27)18-5-12-24(13-6-18)16-19-4-11-22(28-19)9-2-1-3-10-22/h17-19H,1-16H2,(H2,23,26)/t19-/m1/s1. The Morgan fingerprint density at radius 1 is 0.857 bits per heavy atom. The molecule has 1 atom stereocenters. The van der Waals surface area contributed by atoms with Gasteiger partial charge in [0.2, 0.25) is 11.8 Å². The zero-order valence-corrected chi connectivity index (χ0v) is 17.2. The number of carbonyl (C=O) groups is 2. The maximum absolute atomic E-state index is 12.8. The van der Waals surface area contributed by atoms with Crippen LogP contribution in [0.15, 0.2) is 0 Å². The second-order valence-electron chi connectivity index (χ2n) is 9.60. The lowest BCUT2D eigenvalue weighted by Crippen LogP contribution is -2.47. The van der Waals surface area contributed by atoms with Crippen LogP contribution in [0.2, 0.25) is 0 Å². The van der Waals surface area contributed by atoms with E-state index in [9.17, 15) is 9.59 Å². The van der Waals surface area contributed by atoms with Gasteiger partial charge < -0.3 is 20.3 Å². The van der Waals surface area contributed by atoms with Crippen LogP contribution in [-0.4, -0.2) is 66.0 Å². The van der Waals surface area contributed by atoms with E-state index in [0.717, 1.165) is 45.3 Å². The molecule has 2 N–H and O–H groups in total. The SMILES string of the molecule is NC(=O)C1CCN(C(=O)C2CCN(C[C@H]3CCC4(CCCCC4)O3)CC2)CC1. The topological polar surface area (TPSA) is 75.9 Å². The van der Waals surface area contributed by atoms with Crippen molar-refractivity contribution >= 4 is 11.8 Å². The summed E-state index contributed by atoms with van der Waals surface area (Å²) in [4.78, 5) is 28.6. The summed E-state index contributed by atoms with van der Waals surface area (Å²) in [6, 6.07) is 0. The van der Waals surface area contributed by atoms with Crippen molar-refractivity contribution in [2.75, 3.05) is 32.7 Å². The number of hydrogen-bond donors (Lipinski definition) is 1. The van der Waals surface area contributed by atoms with E-state index in [-0.39, 0.29) is 23.3 Å². The molecule has 0 aromatic rings. The molecule has 6 heteroatoms. The van der Waals surface area contributed by atoms with Gasteiger partial charge in [-0.25, -0.2) is 0 Å². The lowest BCUT2D eigenvalue weighted by Gasteiger charge is -2.38. The Morgan fingerprint density at radius 2 is 1.50 bits per heavy atom. The summed E-state index contributed by atoms with van der Waals surface area (Å²) in [5.74, 6) is 0.172. The summed E-state index contributed by atoms with van der Waals surface area (Å²) < 4.78 is 6.54. The van der Waals surface area contributed by atoms with Crippen LogP contribution in [-0.2, 0) is 14.3 Å². The molecule has 3 heterocycles. The third kappa shape index (κ3) is 4.54. The van der Waals surface area contributed by atoms with E-state index < -0.39 is 0 Å². The molecular formula is C22H37N3O3. The Morgan fingerprint density at radius 3 is 2.14 bits per heavy atom. The van der Waals surface area contributed by atoms with Crippen LogP contribution < -0.4 is 5.73 Å². The zero-order chi connectivity index (χ0) is 19.6. The zero-order valence-electron chi connectivity index (χ0n) is 17.2. The predicted octanol–water partition coefficient (Wildman–Crippen LogP) is 2.30. The van der Waals surface area contributed by atoms with Crippen molar-refractivity contribution in [1.29, 1.82) is 0 Å². The van der Waals surface area contributed by atoms with Crippen molar-refractivity contribution in [3.05, 3.63) is 0 Å². The van der Waals surface area contributed by atoms with E-state index in [1.54, 1.807) is 0 Å². The molecular weight excluding hydrogens is 354 g/mol. The molecule has 1 aliphatic carbocycles. The molecule has 158 valence electrons. The second-order valence-corrected chi connectivity index (χ2v) is 9.60. The summed E-state index contributed by atoms with van der Waals surface area (Å²) in [5.41, 5.74) is 5.60. The number of primary amides is 1. The third-order valence-corrected chi connectivity index (χ3v) is 7.71. The quantitative estimate of drug-likeness (QED) is 0.798. The first-order valence-corrected chi connectivity index (χ1v) is 11.5. The molecule has 0 bridgehead atoms. The minimum atomic E-state index is -0.218. The van der Waals surface area contributed by atoms with E-state index in [4.69, 9.17) is 10.5 Å². The number of ether oxygens (including phenoxy) is 1. The van der Waals surface area contributed by atoms with Gasteiger partial charge in [0.15, 0.2) is 0 Å². The molecule has 0 unspecified atom stereocenters. The second kappa shape index (κ2) is 8.70. The number of carbonyl (C=O) groups excluding carboxylic acids is 2. The van der Waals surface area contributed by atoms with Crippen molar-refractivity contribution in [3.63, 3.8) is 0 Å². The maximum Gasteiger partial charge on any atom is 0.225 e. The number of hydrogen-bond acceptors (Lipinski definition) is 4. The number of likely N-dealkylation sites (tertiary alicyclic amines) is 2. The van der Waals surface area contributed by atoms with Gasteiger partial charge in [-0.05, 0) is 64.5 Å². The van der Waals surface area contributed by atoms with Crippen molar-refractivity contribution in [2.45, 2.75) is 82.3 Å². The maximum atomic E-state index is 12.8. The van der Waals surface area contributed by atoms with Crippen molar-refractivity contribution in [3.8, 4) is 0 Å². The normalized spacial score (nSPS) is 30.0. The molecule has 3 aliphatic heterocycles. The van der Waals surface area contributed by atoms with E-state index in [2.05, 4.69) is 4.90 Å². The molecule has 0 aromatic heterocycles. The fraction of sp³-hybridized carbons (Fsp3) is 0.909. The summed E-state index contributed by atoms with van der Waals surface area (Å²) in [6.45, 7) is 4.41. The number of nitrogens with two attached hydrogens (primary N) is 1. The average Bonchev–Trinajstić information content (AvgIpc) is 3.10. The first kappa shape index (κ1) is 20.1. The summed E-state index contributed by atoms with van der Waals surface area (Å²) in [7, 11) is 0. The van der Waals surface area contributed by atoms with E-state index in [1.807, 2.05) is 4.90 Å². The van der Waals surface area contributed by atoms with Crippen LogP contribution in [0.5, 0.6) is 0 Å². The smallest absolute Gasteiger partial charge is 0.225 e. The Balaban J connectivity index is 1.19. The molecule has 4 fully saturated rings. The number of rotatable bonds is 4. The largest absolute Gasteiger partial charge is 0.370 e. The van der Waals surface area contributed by atoms with Crippen LogP contribution >= 0.6 is 0 Å². The first-order valence-electron chi connectivity index (χ1n) is 11.5. The Kier molecular flexibility index (Phi) is 6.26. The van der Waals surface area contributed by atoms with Gasteiger partial charge in [-0.15, -0.1) is 0 Å². The monoisotopic (exact) mass is 391 g/mol. The molecule has 2 amide bonds. The molecule has 0 radical (unpaired) electrons.